The number of unbranched alkanes of at least 4 members (excludes halogenated alkanes) is 4. The van der Waals surface area contributed by atoms with Gasteiger partial charge in [0.2, 0.25) is 0 Å². The van der Waals surface area contributed by atoms with Gasteiger partial charge in [0.1, 0.15) is 5.76 Å². The number of nitrogens with zero attached hydrogens (tertiary/aromatic N) is 1. The maximum absolute atomic E-state index is 13.4. The number of allylic oxidation sites excluding steroid dienone is 2. The van der Waals surface area contributed by atoms with E-state index >= 15 is 0 Å². The number of ketones is 1. The third kappa shape index (κ3) is 5.83. The standard InChI is InChI=1S/C31H35NO2/c1-2-3-4-5-11-19-32-28-20-26(23-13-7-6-8-14-23)22-30(34)31(28)29(33)21-25-17-12-16-24-15-9-10-18-27(24)25/h6-10,12-18,26,33H,2-5,11,19-22H2,1H3/b31-29-,32-28?. The number of hydrogen-bond donors (Lipinski definition) is 1. The Kier molecular flexibility index (Phi) is 8.30. The molecule has 1 aliphatic rings. The Bertz CT molecular complexity index is 1170. The maximum atomic E-state index is 13.4. The van der Waals surface area contributed by atoms with Crippen molar-refractivity contribution < 1.29 is 9.90 Å². The summed E-state index contributed by atoms with van der Waals surface area (Å²) in [6.45, 7) is 2.92. The summed E-state index contributed by atoms with van der Waals surface area (Å²) in [6.07, 6.45) is 7.32. The summed E-state index contributed by atoms with van der Waals surface area (Å²) in [5.41, 5.74) is 3.42. The number of aliphatic imine (C=N–C) groups is 1. The van der Waals surface area contributed by atoms with Crippen molar-refractivity contribution in [3.8, 4) is 0 Å². The van der Waals surface area contributed by atoms with Gasteiger partial charge in [-0.1, -0.05) is 105 Å². The van der Waals surface area contributed by atoms with Gasteiger partial charge in [-0.05, 0) is 40.7 Å². The van der Waals surface area contributed by atoms with Gasteiger partial charge in [0.05, 0.1) is 5.57 Å². The van der Waals surface area contributed by atoms with Crippen LogP contribution in [0.5, 0.6) is 0 Å². The molecule has 0 heterocycles. The smallest absolute Gasteiger partial charge is 0.168 e. The van der Waals surface area contributed by atoms with Gasteiger partial charge in [-0.25, -0.2) is 0 Å². The first-order chi connectivity index (χ1) is 16.7. The van der Waals surface area contributed by atoms with Crippen LogP contribution in [0, 0.1) is 0 Å². The molecule has 0 bridgehead atoms. The van der Waals surface area contributed by atoms with Crippen LogP contribution in [0.2, 0.25) is 0 Å². The molecule has 0 radical (unpaired) electrons. The molecule has 0 saturated heterocycles. The Morgan fingerprint density at radius 1 is 0.882 bits per heavy atom. The van der Waals surface area contributed by atoms with E-state index in [0.717, 1.165) is 34.9 Å². The molecule has 1 saturated carbocycles. The van der Waals surface area contributed by atoms with Crippen molar-refractivity contribution in [2.75, 3.05) is 6.54 Å². The highest BCUT2D eigenvalue weighted by Gasteiger charge is 2.32. The fraction of sp³-hybridized carbons (Fsp3) is 0.355. The highest BCUT2D eigenvalue weighted by molar-refractivity contribution is 6.24. The van der Waals surface area contributed by atoms with E-state index in [1.807, 2.05) is 42.5 Å². The molecular formula is C31H35NO2. The Hall–Kier alpha value is -3.20. The van der Waals surface area contributed by atoms with E-state index in [0.29, 0.717) is 31.4 Å². The van der Waals surface area contributed by atoms with Crippen molar-refractivity contribution in [3.05, 3.63) is 95.3 Å². The first-order valence-electron chi connectivity index (χ1n) is 12.7. The lowest BCUT2D eigenvalue weighted by atomic mass is 9.78. The predicted octanol–water partition coefficient (Wildman–Crippen LogP) is 7.75. The lowest BCUT2D eigenvalue weighted by Gasteiger charge is -2.26. The molecule has 176 valence electrons. The Balaban J connectivity index is 1.61. The van der Waals surface area contributed by atoms with Crippen LogP contribution in [0.1, 0.15) is 68.9 Å². The molecule has 0 amide bonds. The average molecular weight is 454 g/mol. The average Bonchev–Trinajstić information content (AvgIpc) is 2.86. The third-order valence-corrected chi connectivity index (χ3v) is 6.80. The van der Waals surface area contributed by atoms with Crippen LogP contribution in [0.25, 0.3) is 10.8 Å². The van der Waals surface area contributed by atoms with Crippen LogP contribution >= 0.6 is 0 Å². The normalized spacial score (nSPS) is 19.0. The summed E-state index contributed by atoms with van der Waals surface area (Å²) in [4.78, 5) is 18.3. The second-order valence-electron chi connectivity index (χ2n) is 9.32. The van der Waals surface area contributed by atoms with Crippen LogP contribution in [0.3, 0.4) is 0 Å². The van der Waals surface area contributed by atoms with Crippen molar-refractivity contribution in [1.29, 1.82) is 0 Å². The lowest BCUT2D eigenvalue weighted by molar-refractivity contribution is -0.115. The predicted molar refractivity (Wildman–Crippen MR) is 142 cm³/mol. The van der Waals surface area contributed by atoms with Gasteiger partial charge in [0.15, 0.2) is 5.78 Å². The Morgan fingerprint density at radius 3 is 2.44 bits per heavy atom. The number of carbonyl (C=O) groups excluding carboxylic acids is 1. The van der Waals surface area contributed by atoms with Crippen molar-refractivity contribution >= 4 is 22.3 Å². The molecule has 1 fully saturated rings. The SMILES string of the molecule is CCCCCCCN=C1CC(c2ccccc2)CC(=O)/C1=C(\O)Cc1cccc2ccccc12. The number of aliphatic hydroxyl groups excluding tert-OH is 1. The maximum Gasteiger partial charge on any atom is 0.168 e. The monoisotopic (exact) mass is 453 g/mol. The Labute approximate surface area is 203 Å². The summed E-state index contributed by atoms with van der Waals surface area (Å²) in [6, 6.07) is 24.5. The van der Waals surface area contributed by atoms with Crippen molar-refractivity contribution in [3.63, 3.8) is 0 Å². The van der Waals surface area contributed by atoms with E-state index in [1.54, 1.807) is 0 Å². The van der Waals surface area contributed by atoms with Gasteiger partial charge in [-0.2, -0.15) is 0 Å². The minimum absolute atomic E-state index is 0.00238. The fourth-order valence-electron chi connectivity index (χ4n) is 4.97. The van der Waals surface area contributed by atoms with Crippen LogP contribution in [-0.2, 0) is 11.2 Å². The zero-order valence-electron chi connectivity index (χ0n) is 20.2. The van der Waals surface area contributed by atoms with Crippen LogP contribution in [0.15, 0.2) is 89.1 Å². The van der Waals surface area contributed by atoms with Crippen molar-refractivity contribution in [2.45, 2.75) is 64.2 Å². The molecule has 3 aromatic rings. The van der Waals surface area contributed by atoms with E-state index in [-0.39, 0.29) is 17.5 Å². The number of fused-ring (bicyclic) bond motifs is 1. The largest absolute Gasteiger partial charge is 0.511 e. The fourth-order valence-corrected chi connectivity index (χ4v) is 4.97. The number of hydrogen-bond acceptors (Lipinski definition) is 3. The van der Waals surface area contributed by atoms with E-state index in [9.17, 15) is 9.90 Å². The van der Waals surface area contributed by atoms with Gasteiger partial charge in [0.25, 0.3) is 0 Å². The molecule has 0 aromatic heterocycles. The van der Waals surface area contributed by atoms with E-state index in [4.69, 9.17) is 4.99 Å². The van der Waals surface area contributed by atoms with Gasteiger partial charge >= 0.3 is 0 Å². The molecule has 3 nitrogen and oxygen atoms in total. The first-order valence-corrected chi connectivity index (χ1v) is 12.7. The minimum Gasteiger partial charge on any atom is -0.511 e. The molecule has 0 spiro atoms. The minimum atomic E-state index is 0.00238. The van der Waals surface area contributed by atoms with E-state index in [2.05, 4.69) is 37.3 Å². The molecule has 0 aliphatic heterocycles. The number of aliphatic hydroxyl groups is 1. The molecule has 3 aromatic carbocycles. The molecule has 1 N–H and O–H groups in total. The molecule has 34 heavy (non-hydrogen) atoms. The van der Waals surface area contributed by atoms with E-state index < -0.39 is 0 Å². The molecule has 4 rings (SSSR count). The summed E-state index contributed by atoms with van der Waals surface area (Å²) in [5.74, 6) is 0.266. The number of benzene rings is 3. The summed E-state index contributed by atoms with van der Waals surface area (Å²) in [5, 5.41) is 13.5. The second-order valence-corrected chi connectivity index (χ2v) is 9.32. The van der Waals surface area contributed by atoms with Gasteiger partial charge < -0.3 is 5.11 Å². The van der Waals surface area contributed by atoms with Crippen LogP contribution in [-0.4, -0.2) is 23.1 Å². The molecule has 3 heteroatoms. The molecular weight excluding hydrogens is 418 g/mol. The summed E-state index contributed by atoms with van der Waals surface area (Å²) in [7, 11) is 0. The lowest BCUT2D eigenvalue weighted by Crippen LogP contribution is -2.27. The quantitative estimate of drug-likeness (QED) is 0.204. The molecule has 1 aliphatic carbocycles. The number of Topliss-reactive ketones (excluding diaryl/α,β-unsaturated/α-hetero) is 1. The topological polar surface area (TPSA) is 49.7 Å². The zero-order chi connectivity index (χ0) is 23.8. The number of carbonyl (C=O) groups is 1. The molecule has 1 unspecified atom stereocenters. The Morgan fingerprint density at radius 2 is 1.62 bits per heavy atom. The van der Waals surface area contributed by atoms with Gasteiger partial charge in [-0.3, -0.25) is 9.79 Å². The van der Waals surface area contributed by atoms with Crippen molar-refractivity contribution in [2.24, 2.45) is 4.99 Å². The van der Waals surface area contributed by atoms with Crippen molar-refractivity contribution in [1.82, 2.24) is 0 Å². The van der Waals surface area contributed by atoms with Gasteiger partial charge in [-0.15, -0.1) is 0 Å². The summed E-state index contributed by atoms with van der Waals surface area (Å²) >= 11 is 0. The molecule has 1 atom stereocenters. The summed E-state index contributed by atoms with van der Waals surface area (Å²) < 4.78 is 0. The first kappa shape index (κ1) is 23.9. The third-order valence-electron chi connectivity index (χ3n) is 6.80. The van der Waals surface area contributed by atoms with Gasteiger partial charge in [0, 0.05) is 25.1 Å². The highest BCUT2D eigenvalue weighted by atomic mass is 16.3. The second kappa shape index (κ2) is 11.8. The van der Waals surface area contributed by atoms with Crippen LogP contribution < -0.4 is 0 Å². The highest BCUT2D eigenvalue weighted by Crippen LogP contribution is 2.34. The van der Waals surface area contributed by atoms with Crippen LogP contribution in [0.4, 0.5) is 0 Å². The zero-order valence-corrected chi connectivity index (χ0v) is 20.2. The number of rotatable bonds is 9. The van der Waals surface area contributed by atoms with E-state index in [1.165, 1.54) is 24.8 Å².